The molecular formula is C22H24N2O7. The summed E-state index contributed by atoms with van der Waals surface area (Å²) in [6.45, 7) is 3.87. The highest BCUT2D eigenvalue weighted by Gasteiger charge is 2.32. The Morgan fingerprint density at radius 1 is 1.23 bits per heavy atom. The zero-order valence-electron chi connectivity index (χ0n) is 17.3. The number of carbonyl (C=O) groups excluding carboxylic acids is 2. The third-order valence-corrected chi connectivity index (χ3v) is 5.25. The lowest BCUT2D eigenvalue weighted by molar-refractivity contribution is 0.0842. The number of carbonyl (C=O) groups is 2. The maximum atomic E-state index is 12.5. The lowest BCUT2D eigenvalue weighted by atomic mass is 9.75. The summed E-state index contributed by atoms with van der Waals surface area (Å²) in [6, 6.07) is 6.38. The molecule has 1 aromatic carbocycles. The van der Waals surface area contributed by atoms with E-state index in [1.54, 1.807) is 18.2 Å². The smallest absolute Gasteiger partial charge is 0.261 e. The molecule has 2 heterocycles. The predicted molar refractivity (Wildman–Crippen MR) is 110 cm³/mol. The SMILES string of the molecule is CC1(C)CC(=O)c2cc(C(=O)NCC(O)COc3ccc4c(c3)OCO4)c(=O)[nH]c2C1. The number of fused-ring (bicyclic) bond motifs is 2. The van der Waals surface area contributed by atoms with Crippen molar-refractivity contribution in [2.24, 2.45) is 5.41 Å². The second-order valence-electron chi connectivity index (χ2n) is 8.54. The number of aliphatic hydroxyl groups excluding tert-OH is 1. The van der Waals surface area contributed by atoms with Crippen molar-refractivity contribution in [2.75, 3.05) is 19.9 Å². The number of hydrogen-bond donors (Lipinski definition) is 3. The fourth-order valence-corrected chi connectivity index (χ4v) is 3.72. The Morgan fingerprint density at radius 3 is 2.81 bits per heavy atom. The number of amides is 1. The van der Waals surface area contributed by atoms with E-state index in [-0.39, 0.29) is 36.7 Å². The summed E-state index contributed by atoms with van der Waals surface area (Å²) in [6.07, 6.45) is -0.0991. The molecular weight excluding hydrogens is 404 g/mol. The normalized spacial score (nSPS) is 17.1. The summed E-state index contributed by atoms with van der Waals surface area (Å²) in [4.78, 5) is 39.9. The molecule has 1 aliphatic carbocycles. The minimum atomic E-state index is -1.01. The summed E-state index contributed by atoms with van der Waals surface area (Å²) in [5.41, 5.74) is -0.0296. The second kappa shape index (κ2) is 8.07. The molecule has 31 heavy (non-hydrogen) atoms. The van der Waals surface area contributed by atoms with Crippen LogP contribution in [-0.2, 0) is 6.42 Å². The lowest BCUT2D eigenvalue weighted by Gasteiger charge is -2.29. The van der Waals surface area contributed by atoms with Gasteiger partial charge in [-0.2, -0.15) is 0 Å². The minimum Gasteiger partial charge on any atom is -0.491 e. The van der Waals surface area contributed by atoms with E-state index in [4.69, 9.17) is 14.2 Å². The molecule has 4 rings (SSSR count). The van der Waals surface area contributed by atoms with Crippen LogP contribution < -0.4 is 25.1 Å². The molecule has 0 radical (unpaired) electrons. The summed E-state index contributed by atoms with van der Waals surface area (Å²) >= 11 is 0. The van der Waals surface area contributed by atoms with Gasteiger partial charge in [-0.1, -0.05) is 13.8 Å². The molecule has 0 saturated carbocycles. The van der Waals surface area contributed by atoms with Crippen molar-refractivity contribution in [1.82, 2.24) is 10.3 Å². The summed E-state index contributed by atoms with van der Waals surface area (Å²) < 4.78 is 16.0. The maximum absolute atomic E-state index is 12.5. The van der Waals surface area contributed by atoms with Crippen molar-refractivity contribution in [1.29, 1.82) is 0 Å². The zero-order valence-corrected chi connectivity index (χ0v) is 17.3. The molecule has 1 aromatic heterocycles. The Bertz CT molecular complexity index is 1090. The topological polar surface area (TPSA) is 127 Å². The van der Waals surface area contributed by atoms with Gasteiger partial charge in [-0.3, -0.25) is 14.4 Å². The molecule has 9 heteroatoms. The first-order valence-corrected chi connectivity index (χ1v) is 10.00. The van der Waals surface area contributed by atoms with Gasteiger partial charge in [-0.05, 0) is 30.0 Å². The van der Waals surface area contributed by atoms with Gasteiger partial charge >= 0.3 is 0 Å². The fraction of sp³-hybridized carbons (Fsp3) is 0.409. The number of Topliss-reactive ketones (excluding diaryl/α,β-unsaturated/α-hetero) is 1. The molecule has 2 aliphatic rings. The summed E-state index contributed by atoms with van der Waals surface area (Å²) in [5, 5.41) is 12.6. The van der Waals surface area contributed by atoms with Crippen LogP contribution in [0.25, 0.3) is 0 Å². The molecule has 1 atom stereocenters. The van der Waals surface area contributed by atoms with Gasteiger partial charge in [0.1, 0.15) is 24.0 Å². The van der Waals surface area contributed by atoms with Crippen LogP contribution in [0.1, 0.15) is 46.7 Å². The standard InChI is InChI=1S/C22H24N2O7/c1-22(2)7-16-14(17(26)8-22)6-15(21(28)24-16)20(27)23-9-12(25)10-29-13-3-4-18-19(5-13)31-11-30-18/h3-6,12,25H,7-11H2,1-2H3,(H,23,27)(H,24,28). The number of benzene rings is 1. The van der Waals surface area contributed by atoms with E-state index in [1.165, 1.54) is 6.07 Å². The number of aliphatic hydroxyl groups is 1. The van der Waals surface area contributed by atoms with Crippen LogP contribution >= 0.6 is 0 Å². The lowest BCUT2D eigenvalue weighted by Crippen LogP contribution is -2.38. The van der Waals surface area contributed by atoms with Crippen molar-refractivity contribution in [2.45, 2.75) is 32.8 Å². The van der Waals surface area contributed by atoms with Crippen molar-refractivity contribution in [3.8, 4) is 17.2 Å². The molecule has 1 unspecified atom stereocenters. The monoisotopic (exact) mass is 428 g/mol. The van der Waals surface area contributed by atoms with Gasteiger partial charge in [0, 0.05) is 30.3 Å². The molecule has 0 bridgehead atoms. The zero-order chi connectivity index (χ0) is 22.2. The van der Waals surface area contributed by atoms with E-state index < -0.39 is 17.6 Å². The van der Waals surface area contributed by atoms with Gasteiger partial charge < -0.3 is 29.6 Å². The first-order valence-electron chi connectivity index (χ1n) is 10.00. The van der Waals surface area contributed by atoms with Crippen LogP contribution in [-0.4, -0.2) is 47.8 Å². The number of H-pyrrole nitrogens is 1. The van der Waals surface area contributed by atoms with Crippen LogP contribution in [0.15, 0.2) is 29.1 Å². The Labute approximate surface area is 178 Å². The van der Waals surface area contributed by atoms with Gasteiger partial charge in [0.15, 0.2) is 17.3 Å². The Morgan fingerprint density at radius 2 is 2.00 bits per heavy atom. The number of pyridine rings is 1. The molecule has 164 valence electrons. The Balaban J connectivity index is 1.35. The quantitative estimate of drug-likeness (QED) is 0.635. The van der Waals surface area contributed by atoms with Crippen LogP contribution in [0.2, 0.25) is 0 Å². The predicted octanol–water partition coefficient (Wildman–Crippen LogP) is 1.43. The number of hydrogen-bond acceptors (Lipinski definition) is 7. The first kappa shape index (κ1) is 20.9. The van der Waals surface area contributed by atoms with Gasteiger partial charge in [-0.15, -0.1) is 0 Å². The van der Waals surface area contributed by atoms with E-state index in [0.29, 0.717) is 41.3 Å². The molecule has 9 nitrogen and oxygen atoms in total. The summed E-state index contributed by atoms with van der Waals surface area (Å²) in [7, 11) is 0. The number of rotatable bonds is 6. The van der Waals surface area contributed by atoms with E-state index in [0.717, 1.165) is 0 Å². The Hall–Kier alpha value is -3.33. The number of ether oxygens (including phenoxy) is 3. The summed E-state index contributed by atoms with van der Waals surface area (Å²) in [5.74, 6) is 0.905. The number of nitrogens with one attached hydrogen (secondary N) is 2. The van der Waals surface area contributed by atoms with Crippen molar-refractivity contribution in [3.63, 3.8) is 0 Å². The largest absolute Gasteiger partial charge is 0.491 e. The van der Waals surface area contributed by atoms with E-state index in [1.807, 2.05) is 13.8 Å². The third kappa shape index (κ3) is 4.56. The minimum absolute atomic E-state index is 0.0754. The van der Waals surface area contributed by atoms with E-state index in [2.05, 4.69) is 10.3 Å². The number of aromatic nitrogens is 1. The third-order valence-electron chi connectivity index (χ3n) is 5.25. The maximum Gasteiger partial charge on any atom is 0.261 e. The molecule has 0 saturated heterocycles. The van der Waals surface area contributed by atoms with Crippen LogP contribution in [0.4, 0.5) is 0 Å². The average Bonchev–Trinajstić information content (AvgIpc) is 3.17. The van der Waals surface area contributed by atoms with E-state index in [9.17, 15) is 19.5 Å². The average molecular weight is 428 g/mol. The first-order chi connectivity index (χ1) is 14.7. The molecule has 3 N–H and O–H groups in total. The van der Waals surface area contributed by atoms with Crippen molar-refractivity contribution < 1.29 is 28.9 Å². The van der Waals surface area contributed by atoms with E-state index >= 15 is 0 Å². The van der Waals surface area contributed by atoms with Gasteiger partial charge in [0.2, 0.25) is 6.79 Å². The van der Waals surface area contributed by atoms with Crippen molar-refractivity contribution in [3.05, 3.63) is 51.4 Å². The van der Waals surface area contributed by atoms with Crippen molar-refractivity contribution >= 4 is 11.7 Å². The number of ketones is 1. The molecule has 1 amide bonds. The highest BCUT2D eigenvalue weighted by molar-refractivity contribution is 6.02. The van der Waals surface area contributed by atoms with Crippen LogP contribution in [0.3, 0.4) is 0 Å². The second-order valence-corrected chi connectivity index (χ2v) is 8.54. The fourth-order valence-electron chi connectivity index (χ4n) is 3.72. The van der Waals surface area contributed by atoms with Gasteiger partial charge in [-0.25, -0.2) is 0 Å². The highest BCUT2D eigenvalue weighted by atomic mass is 16.7. The molecule has 2 aromatic rings. The Kier molecular flexibility index (Phi) is 5.45. The van der Waals surface area contributed by atoms with Crippen LogP contribution in [0, 0.1) is 5.41 Å². The highest BCUT2D eigenvalue weighted by Crippen LogP contribution is 2.35. The molecule has 1 aliphatic heterocycles. The van der Waals surface area contributed by atoms with Gasteiger partial charge in [0.05, 0.1) is 0 Å². The van der Waals surface area contributed by atoms with Crippen LogP contribution in [0.5, 0.6) is 17.2 Å². The molecule has 0 fully saturated rings. The van der Waals surface area contributed by atoms with Gasteiger partial charge in [0.25, 0.3) is 11.5 Å². The number of aromatic amines is 1. The molecule has 0 spiro atoms.